The Morgan fingerprint density at radius 1 is 0.917 bits per heavy atom. The number of carbonyl (C=O) groups excluding carboxylic acids is 1. The van der Waals surface area contributed by atoms with Crippen molar-refractivity contribution in [2.24, 2.45) is 0 Å². The third kappa shape index (κ3) is 8.78. The van der Waals surface area contributed by atoms with E-state index in [0.29, 0.717) is 17.3 Å². The van der Waals surface area contributed by atoms with Gasteiger partial charge in [-0.15, -0.1) is 5.06 Å². The second-order valence-corrected chi connectivity index (χ2v) is 8.81. The lowest BCUT2D eigenvalue weighted by Gasteiger charge is -2.21. The monoisotopic (exact) mass is 503 g/mol. The van der Waals surface area contributed by atoms with Crippen molar-refractivity contribution in [2.75, 3.05) is 0 Å². The second-order valence-electron chi connectivity index (χ2n) is 8.81. The number of hydrogen-bond donors (Lipinski definition) is 0. The summed E-state index contributed by atoms with van der Waals surface area (Å²) in [6, 6.07) is 12.2. The van der Waals surface area contributed by atoms with Crippen LogP contribution in [0.2, 0.25) is 0 Å². The number of benzene rings is 2. The number of hydrogen-bond acceptors (Lipinski definition) is 6. The molecular weight excluding hydrogens is 471 g/mol. The molecule has 36 heavy (non-hydrogen) atoms. The molecule has 0 atom stereocenters. The summed E-state index contributed by atoms with van der Waals surface area (Å²) in [7, 11) is 0. The van der Waals surface area contributed by atoms with E-state index in [4.69, 9.17) is 9.36 Å². The predicted molar refractivity (Wildman–Crippen MR) is 129 cm³/mol. The topological polar surface area (TPSA) is 68.5 Å². The van der Waals surface area contributed by atoms with Crippen molar-refractivity contribution >= 4 is 5.97 Å². The van der Waals surface area contributed by atoms with E-state index in [1.54, 1.807) is 0 Å². The standard InChI is InChI=1S/C27H32F3N3O3/c1-3-4-5-6-7-8-9-25-31-26(35-32-25)23-14-10-21(11-15-23)18-33(36-20(2)34)19-22-12-16-24(17-13-22)27(28,29)30/h10-17H,3-9,18-19H2,1-2H3. The van der Waals surface area contributed by atoms with Gasteiger partial charge in [0.1, 0.15) is 0 Å². The molecule has 0 bridgehead atoms. The van der Waals surface area contributed by atoms with Gasteiger partial charge < -0.3 is 9.36 Å². The number of nitrogens with zero attached hydrogens (tertiary/aromatic N) is 3. The Bertz CT molecular complexity index is 1080. The van der Waals surface area contributed by atoms with E-state index in [9.17, 15) is 18.0 Å². The van der Waals surface area contributed by atoms with Crippen molar-refractivity contribution in [3.63, 3.8) is 0 Å². The average molecular weight is 504 g/mol. The number of rotatable bonds is 13. The first-order valence-corrected chi connectivity index (χ1v) is 12.3. The summed E-state index contributed by atoms with van der Waals surface area (Å²) in [5.74, 6) is 0.633. The molecule has 6 nitrogen and oxygen atoms in total. The van der Waals surface area contributed by atoms with Crippen LogP contribution < -0.4 is 0 Å². The third-order valence-corrected chi connectivity index (χ3v) is 5.68. The first-order valence-electron chi connectivity index (χ1n) is 12.3. The molecule has 3 aromatic rings. The molecule has 0 fully saturated rings. The van der Waals surface area contributed by atoms with Crippen molar-refractivity contribution < 1.29 is 27.3 Å². The van der Waals surface area contributed by atoms with Crippen LogP contribution in [0.25, 0.3) is 11.5 Å². The molecule has 194 valence electrons. The van der Waals surface area contributed by atoms with Gasteiger partial charge in [-0.1, -0.05) is 68.4 Å². The summed E-state index contributed by atoms with van der Waals surface area (Å²) < 4.78 is 43.8. The molecular formula is C27H32F3N3O3. The summed E-state index contributed by atoms with van der Waals surface area (Å²) in [6.07, 6.45) is 3.57. The Morgan fingerprint density at radius 2 is 1.50 bits per heavy atom. The van der Waals surface area contributed by atoms with E-state index in [2.05, 4.69) is 17.1 Å². The van der Waals surface area contributed by atoms with E-state index >= 15 is 0 Å². The fourth-order valence-electron chi connectivity index (χ4n) is 3.80. The predicted octanol–water partition coefficient (Wildman–Crippen LogP) is 7.14. The molecule has 1 aromatic heterocycles. The van der Waals surface area contributed by atoms with Crippen LogP contribution in [0, 0.1) is 0 Å². The quantitative estimate of drug-likeness (QED) is 0.182. The number of carbonyl (C=O) groups is 1. The minimum absolute atomic E-state index is 0.144. The molecule has 1 heterocycles. The molecule has 0 radical (unpaired) electrons. The fourth-order valence-corrected chi connectivity index (χ4v) is 3.80. The highest BCUT2D eigenvalue weighted by Crippen LogP contribution is 2.29. The van der Waals surface area contributed by atoms with E-state index in [1.807, 2.05) is 24.3 Å². The lowest BCUT2D eigenvalue weighted by atomic mass is 10.1. The van der Waals surface area contributed by atoms with Crippen LogP contribution >= 0.6 is 0 Å². The van der Waals surface area contributed by atoms with Crippen LogP contribution in [0.15, 0.2) is 53.1 Å². The maximum Gasteiger partial charge on any atom is 0.416 e. The van der Waals surface area contributed by atoms with Gasteiger partial charge in [-0.05, 0) is 41.8 Å². The third-order valence-electron chi connectivity index (χ3n) is 5.68. The van der Waals surface area contributed by atoms with Gasteiger partial charge in [-0.3, -0.25) is 4.79 Å². The lowest BCUT2D eigenvalue weighted by Crippen LogP contribution is -2.25. The summed E-state index contributed by atoms with van der Waals surface area (Å²) in [5, 5.41) is 5.48. The number of aryl methyl sites for hydroxylation is 1. The van der Waals surface area contributed by atoms with Gasteiger partial charge in [0.2, 0.25) is 0 Å². The van der Waals surface area contributed by atoms with E-state index in [0.717, 1.165) is 42.5 Å². The van der Waals surface area contributed by atoms with Crippen LogP contribution in [0.3, 0.4) is 0 Å². The highest BCUT2D eigenvalue weighted by atomic mass is 19.4. The summed E-state index contributed by atoms with van der Waals surface area (Å²) in [4.78, 5) is 21.3. The van der Waals surface area contributed by atoms with Crippen LogP contribution in [-0.4, -0.2) is 21.2 Å². The first kappa shape index (κ1) is 27.4. The van der Waals surface area contributed by atoms with Gasteiger partial charge in [0.15, 0.2) is 5.82 Å². The normalized spacial score (nSPS) is 11.7. The van der Waals surface area contributed by atoms with Gasteiger partial charge in [-0.25, -0.2) is 0 Å². The molecule has 9 heteroatoms. The zero-order chi connectivity index (χ0) is 26.0. The Morgan fingerprint density at radius 3 is 2.08 bits per heavy atom. The first-order chi connectivity index (χ1) is 17.2. The zero-order valence-electron chi connectivity index (χ0n) is 20.7. The summed E-state index contributed by atoms with van der Waals surface area (Å²) in [6.45, 7) is 3.88. The summed E-state index contributed by atoms with van der Waals surface area (Å²) >= 11 is 0. The van der Waals surface area contributed by atoms with Crippen LogP contribution in [0.4, 0.5) is 13.2 Å². The number of aromatic nitrogens is 2. The number of hydroxylamine groups is 2. The number of halogens is 3. The van der Waals surface area contributed by atoms with Gasteiger partial charge in [0.25, 0.3) is 5.89 Å². The Hall–Kier alpha value is -3.20. The SMILES string of the molecule is CCCCCCCCc1noc(-c2ccc(CN(Cc3ccc(C(F)(F)F)cc3)OC(C)=O)cc2)n1. The van der Waals surface area contributed by atoms with Crippen molar-refractivity contribution in [3.05, 3.63) is 71.0 Å². The van der Waals surface area contributed by atoms with Gasteiger partial charge in [0.05, 0.1) is 18.7 Å². The van der Waals surface area contributed by atoms with E-state index in [1.165, 1.54) is 49.8 Å². The average Bonchev–Trinajstić information content (AvgIpc) is 3.30. The minimum Gasteiger partial charge on any atom is -0.368 e. The number of alkyl halides is 3. The molecule has 0 N–H and O–H groups in total. The van der Waals surface area contributed by atoms with Crippen molar-refractivity contribution in [2.45, 2.75) is 78.1 Å². The van der Waals surface area contributed by atoms with Crippen molar-refractivity contribution in [1.82, 2.24) is 15.2 Å². The Kier molecular flexibility index (Phi) is 10.0. The number of unbranched alkanes of at least 4 members (excludes halogenated alkanes) is 5. The largest absolute Gasteiger partial charge is 0.416 e. The fraction of sp³-hybridized carbons (Fsp3) is 0.444. The van der Waals surface area contributed by atoms with Crippen LogP contribution in [0.5, 0.6) is 0 Å². The molecule has 0 saturated heterocycles. The Labute approximate surface area is 209 Å². The van der Waals surface area contributed by atoms with Crippen LogP contribution in [0.1, 0.15) is 74.9 Å². The molecule has 0 saturated carbocycles. The molecule has 0 spiro atoms. The zero-order valence-corrected chi connectivity index (χ0v) is 20.7. The molecule has 0 unspecified atom stereocenters. The van der Waals surface area contributed by atoms with Gasteiger partial charge >= 0.3 is 12.1 Å². The highest BCUT2D eigenvalue weighted by Gasteiger charge is 2.30. The second kappa shape index (κ2) is 13.2. The smallest absolute Gasteiger partial charge is 0.368 e. The van der Waals surface area contributed by atoms with Gasteiger partial charge in [-0.2, -0.15) is 18.2 Å². The minimum atomic E-state index is -4.40. The van der Waals surface area contributed by atoms with E-state index in [-0.39, 0.29) is 13.1 Å². The Balaban J connectivity index is 1.57. The molecule has 0 aliphatic rings. The maximum atomic E-state index is 12.8. The molecule has 3 rings (SSSR count). The van der Waals surface area contributed by atoms with Crippen LogP contribution in [-0.2, 0) is 35.3 Å². The molecule has 0 aliphatic heterocycles. The molecule has 0 amide bonds. The van der Waals surface area contributed by atoms with Gasteiger partial charge in [0, 0.05) is 18.9 Å². The lowest BCUT2D eigenvalue weighted by molar-refractivity contribution is -0.194. The summed E-state index contributed by atoms with van der Waals surface area (Å²) in [5.41, 5.74) is 1.49. The van der Waals surface area contributed by atoms with E-state index < -0.39 is 17.7 Å². The van der Waals surface area contributed by atoms with Crippen molar-refractivity contribution in [1.29, 1.82) is 0 Å². The highest BCUT2D eigenvalue weighted by molar-refractivity contribution is 5.65. The molecule has 0 aliphatic carbocycles. The van der Waals surface area contributed by atoms with Crippen molar-refractivity contribution in [3.8, 4) is 11.5 Å². The molecule has 2 aromatic carbocycles. The maximum absolute atomic E-state index is 12.8.